The second-order valence-corrected chi connectivity index (χ2v) is 6.82. The van der Waals surface area contributed by atoms with Gasteiger partial charge in [-0.2, -0.15) is 0 Å². The lowest BCUT2D eigenvalue weighted by Crippen LogP contribution is -2.38. The van der Waals surface area contributed by atoms with Crippen LogP contribution in [0, 0.1) is 5.41 Å². The molecule has 110 valence electrons. The Kier molecular flexibility index (Phi) is 4.71. The molecule has 1 aromatic rings. The fourth-order valence-corrected chi connectivity index (χ4v) is 2.40. The average Bonchev–Trinajstić information content (AvgIpc) is 2.39. The third-order valence-electron chi connectivity index (χ3n) is 3.62. The van der Waals surface area contributed by atoms with Gasteiger partial charge in [-0.3, -0.25) is 0 Å². The standard InChI is InChI=1S/C16H22ClNO2/c1-16(2,3)15(19)20-18-10-8-13(9-11-18)12-4-6-14(17)7-5-12/h4-7,13H,8-11H2,1-3H3. The zero-order valence-corrected chi connectivity index (χ0v) is 13.1. The minimum Gasteiger partial charge on any atom is -0.367 e. The molecule has 0 amide bonds. The van der Waals surface area contributed by atoms with Gasteiger partial charge in [0.1, 0.15) is 0 Å². The first-order chi connectivity index (χ1) is 9.36. The molecule has 1 heterocycles. The van der Waals surface area contributed by atoms with Gasteiger partial charge in [0.05, 0.1) is 5.41 Å². The van der Waals surface area contributed by atoms with E-state index in [9.17, 15) is 4.79 Å². The highest BCUT2D eigenvalue weighted by molar-refractivity contribution is 6.30. The van der Waals surface area contributed by atoms with Gasteiger partial charge in [-0.1, -0.05) is 23.7 Å². The second-order valence-electron chi connectivity index (χ2n) is 6.38. The number of carbonyl (C=O) groups is 1. The van der Waals surface area contributed by atoms with Crippen molar-refractivity contribution in [1.82, 2.24) is 5.06 Å². The Bertz CT molecular complexity index is 456. The lowest BCUT2D eigenvalue weighted by Gasteiger charge is -2.32. The Morgan fingerprint density at radius 1 is 1.20 bits per heavy atom. The van der Waals surface area contributed by atoms with Crippen molar-refractivity contribution in [2.24, 2.45) is 5.41 Å². The van der Waals surface area contributed by atoms with Crippen LogP contribution in [-0.4, -0.2) is 24.1 Å². The quantitative estimate of drug-likeness (QED) is 0.825. The van der Waals surface area contributed by atoms with Crippen molar-refractivity contribution in [2.45, 2.75) is 39.5 Å². The number of hydroxylamine groups is 2. The first-order valence-electron chi connectivity index (χ1n) is 7.09. The minimum atomic E-state index is -0.451. The summed E-state index contributed by atoms with van der Waals surface area (Å²) in [5.74, 6) is 0.360. The monoisotopic (exact) mass is 295 g/mol. The number of hydrogen-bond acceptors (Lipinski definition) is 3. The summed E-state index contributed by atoms with van der Waals surface area (Å²) in [5.41, 5.74) is 0.865. The number of hydrogen-bond donors (Lipinski definition) is 0. The van der Waals surface area contributed by atoms with Crippen LogP contribution in [-0.2, 0) is 9.63 Å². The SMILES string of the molecule is CC(C)(C)C(=O)ON1CCC(c2ccc(Cl)cc2)CC1. The van der Waals surface area contributed by atoms with Crippen LogP contribution in [0.1, 0.15) is 45.1 Å². The summed E-state index contributed by atoms with van der Waals surface area (Å²) in [6.45, 7) is 7.19. The van der Waals surface area contributed by atoms with Crippen LogP contribution in [0.2, 0.25) is 5.02 Å². The van der Waals surface area contributed by atoms with Gasteiger partial charge in [0.25, 0.3) is 0 Å². The van der Waals surface area contributed by atoms with Crippen molar-refractivity contribution in [3.63, 3.8) is 0 Å². The van der Waals surface area contributed by atoms with E-state index in [0.29, 0.717) is 5.92 Å². The average molecular weight is 296 g/mol. The molecular formula is C16H22ClNO2. The van der Waals surface area contributed by atoms with Crippen LogP contribution in [0.5, 0.6) is 0 Å². The molecule has 0 aromatic heterocycles. The van der Waals surface area contributed by atoms with E-state index in [1.54, 1.807) is 5.06 Å². The molecule has 0 N–H and O–H groups in total. The van der Waals surface area contributed by atoms with E-state index in [1.807, 2.05) is 32.9 Å². The first-order valence-corrected chi connectivity index (χ1v) is 7.47. The minimum absolute atomic E-state index is 0.164. The predicted octanol–water partition coefficient (Wildman–Crippen LogP) is 4.02. The van der Waals surface area contributed by atoms with Gasteiger partial charge in [-0.05, 0) is 57.2 Å². The molecule has 0 aliphatic carbocycles. The molecule has 0 unspecified atom stereocenters. The van der Waals surface area contributed by atoms with Crippen molar-refractivity contribution in [3.05, 3.63) is 34.9 Å². The maximum absolute atomic E-state index is 11.8. The Hall–Kier alpha value is -1.06. The van der Waals surface area contributed by atoms with Crippen molar-refractivity contribution < 1.29 is 9.63 Å². The zero-order chi connectivity index (χ0) is 14.8. The van der Waals surface area contributed by atoms with E-state index in [2.05, 4.69) is 12.1 Å². The molecule has 1 saturated heterocycles. The highest BCUT2D eigenvalue weighted by Gasteiger charge is 2.28. The highest BCUT2D eigenvalue weighted by Crippen LogP contribution is 2.29. The van der Waals surface area contributed by atoms with Crippen molar-refractivity contribution in [1.29, 1.82) is 0 Å². The molecule has 1 aromatic carbocycles. The number of benzene rings is 1. The molecule has 0 radical (unpaired) electrons. The van der Waals surface area contributed by atoms with Gasteiger partial charge in [-0.15, -0.1) is 5.06 Å². The molecule has 2 rings (SSSR count). The first kappa shape index (κ1) is 15.3. The van der Waals surface area contributed by atoms with Gasteiger partial charge in [0.15, 0.2) is 0 Å². The summed E-state index contributed by atoms with van der Waals surface area (Å²) in [5, 5.41) is 2.56. The van der Waals surface area contributed by atoms with Crippen molar-refractivity contribution in [3.8, 4) is 0 Å². The van der Waals surface area contributed by atoms with Crippen LogP contribution in [0.3, 0.4) is 0 Å². The molecular weight excluding hydrogens is 274 g/mol. The summed E-state index contributed by atoms with van der Waals surface area (Å²) in [7, 11) is 0. The van der Waals surface area contributed by atoms with Crippen LogP contribution in [0.4, 0.5) is 0 Å². The van der Waals surface area contributed by atoms with Gasteiger partial charge in [-0.25, -0.2) is 4.79 Å². The van der Waals surface area contributed by atoms with Gasteiger partial charge >= 0.3 is 5.97 Å². The molecule has 3 nitrogen and oxygen atoms in total. The molecule has 0 saturated carbocycles. The Balaban J connectivity index is 1.86. The summed E-state index contributed by atoms with van der Waals surface area (Å²) in [6, 6.07) is 8.04. The Morgan fingerprint density at radius 2 is 1.75 bits per heavy atom. The van der Waals surface area contributed by atoms with E-state index in [-0.39, 0.29) is 5.97 Å². The molecule has 1 fully saturated rings. The molecule has 4 heteroatoms. The summed E-state index contributed by atoms with van der Waals surface area (Å²) >= 11 is 5.91. The van der Waals surface area contributed by atoms with E-state index in [0.717, 1.165) is 31.0 Å². The predicted molar refractivity (Wildman–Crippen MR) is 80.5 cm³/mol. The Labute approximate surface area is 125 Å². The molecule has 1 aliphatic rings. The summed E-state index contributed by atoms with van der Waals surface area (Å²) in [6.07, 6.45) is 2.00. The smallest absolute Gasteiger partial charge is 0.330 e. The molecule has 0 spiro atoms. The van der Waals surface area contributed by atoms with Crippen LogP contribution in [0.25, 0.3) is 0 Å². The third-order valence-corrected chi connectivity index (χ3v) is 3.87. The molecule has 0 bridgehead atoms. The lowest BCUT2D eigenvalue weighted by atomic mass is 9.90. The van der Waals surface area contributed by atoms with Crippen molar-refractivity contribution in [2.75, 3.05) is 13.1 Å². The Morgan fingerprint density at radius 3 is 2.25 bits per heavy atom. The largest absolute Gasteiger partial charge is 0.367 e. The highest BCUT2D eigenvalue weighted by atomic mass is 35.5. The zero-order valence-electron chi connectivity index (χ0n) is 12.4. The van der Waals surface area contributed by atoms with Crippen LogP contribution in [0.15, 0.2) is 24.3 Å². The third kappa shape index (κ3) is 3.97. The van der Waals surface area contributed by atoms with E-state index in [1.165, 1.54) is 5.56 Å². The van der Waals surface area contributed by atoms with E-state index >= 15 is 0 Å². The maximum Gasteiger partial charge on any atom is 0.330 e. The van der Waals surface area contributed by atoms with E-state index < -0.39 is 5.41 Å². The number of halogens is 1. The summed E-state index contributed by atoms with van der Waals surface area (Å²) < 4.78 is 0. The maximum atomic E-state index is 11.8. The molecule has 1 aliphatic heterocycles. The lowest BCUT2D eigenvalue weighted by molar-refractivity contribution is -0.204. The molecule has 0 atom stereocenters. The number of nitrogens with zero attached hydrogens (tertiary/aromatic N) is 1. The fraction of sp³-hybridized carbons (Fsp3) is 0.562. The van der Waals surface area contributed by atoms with Gasteiger partial charge in [0, 0.05) is 18.1 Å². The number of carbonyl (C=O) groups excluding carboxylic acids is 1. The normalized spacial score (nSPS) is 18.0. The van der Waals surface area contributed by atoms with E-state index in [4.69, 9.17) is 16.4 Å². The number of piperidine rings is 1. The fourth-order valence-electron chi connectivity index (χ4n) is 2.27. The van der Waals surface area contributed by atoms with Crippen LogP contribution < -0.4 is 0 Å². The van der Waals surface area contributed by atoms with Crippen molar-refractivity contribution >= 4 is 17.6 Å². The number of rotatable bonds is 2. The topological polar surface area (TPSA) is 29.5 Å². The molecule has 20 heavy (non-hydrogen) atoms. The van der Waals surface area contributed by atoms with Gasteiger partial charge in [0.2, 0.25) is 0 Å². The van der Waals surface area contributed by atoms with Crippen LogP contribution >= 0.6 is 11.6 Å². The van der Waals surface area contributed by atoms with Gasteiger partial charge < -0.3 is 4.84 Å². The summed E-state index contributed by atoms with van der Waals surface area (Å²) in [4.78, 5) is 17.3. The second kappa shape index (κ2) is 6.15.